The molecule has 0 spiro atoms. The van der Waals surface area contributed by atoms with E-state index in [-0.39, 0.29) is 5.91 Å². The van der Waals surface area contributed by atoms with Crippen molar-refractivity contribution < 1.29 is 9.53 Å². The average molecular weight is 266 g/mol. The number of methoxy groups -OCH3 is 1. The molecule has 18 heavy (non-hydrogen) atoms. The SMILES string of the molecule is COc1ccccc1CC(=O)N(C)CCC(N)=S. The maximum Gasteiger partial charge on any atom is 0.226 e. The van der Waals surface area contributed by atoms with Crippen LogP contribution < -0.4 is 10.5 Å². The number of amides is 1. The van der Waals surface area contributed by atoms with Crippen molar-refractivity contribution in [3.63, 3.8) is 0 Å². The van der Waals surface area contributed by atoms with Crippen LogP contribution in [0.3, 0.4) is 0 Å². The van der Waals surface area contributed by atoms with E-state index in [1.54, 1.807) is 19.1 Å². The van der Waals surface area contributed by atoms with Gasteiger partial charge in [0.1, 0.15) is 5.75 Å². The summed E-state index contributed by atoms with van der Waals surface area (Å²) in [6.07, 6.45) is 0.862. The monoisotopic (exact) mass is 266 g/mol. The number of nitrogens with zero attached hydrogens (tertiary/aromatic N) is 1. The minimum Gasteiger partial charge on any atom is -0.496 e. The van der Waals surface area contributed by atoms with Crippen molar-refractivity contribution in [1.29, 1.82) is 0 Å². The van der Waals surface area contributed by atoms with Crippen LogP contribution in [0.4, 0.5) is 0 Å². The molecule has 0 unspecified atom stereocenters. The molecule has 5 heteroatoms. The minimum atomic E-state index is 0.0238. The smallest absolute Gasteiger partial charge is 0.226 e. The van der Waals surface area contributed by atoms with E-state index in [9.17, 15) is 4.79 Å². The molecule has 0 heterocycles. The van der Waals surface area contributed by atoms with Gasteiger partial charge in [-0.15, -0.1) is 0 Å². The van der Waals surface area contributed by atoms with E-state index in [4.69, 9.17) is 22.7 Å². The van der Waals surface area contributed by atoms with Crippen molar-refractivity contribution in [1.82, 2.24) is 4.90 Å². The Balaban J connectivity index is 2.60. The quantitative estimate of drug-likeness (QED) is 0.790. The van der Waals surface area contributed by atoms with Crippen LogP contribution in [-0.2, 0) is 11.2 Å². The van der Waals surface area contributed by atoms with Crippen LogP contribution in [-0.4, -0.2) is 36.5 Å². The Kier molecular flexibility index (Phi) is 5.58. The number of carbonyl (C=O) groups is 1. The van der Waals surface area contributed by atoms with Crippen molar-refractivity contribution in [2.24, 2.45) is 5.73 Å². The fraction of sp³-hybridized carbons (Fsp3) is 0.385. The van der Waals surface area contributed by atoms with E-state index in [0.717, 1.165) is 11.3 Å². The molecule has 0 atom stereocenters. The number of ether oxygens (including phenoxy) is 1. The minimum absolute atomic E-state index is 0.0238. The number of thiocarbonyl (C=S) groups is 1. The molecular formula is C13H18N2O2S. The van der Waals surface area contributed by atoms with Crippen molar-refractivity contribution in [3.8, 4) is 5.75 Å². The summed E-state index contributed by atoms with van der Waals surface area (Å²) < 4.78 is 5.21. The number of hydrogen-bond acceptors (Lipinski definition) is 3. The Labute approximate surface area is 113 Å². The highest BCUT2D eigenvalue weighted by molar-refractivity contribution is 7.80. The zero-order valence-electron chi connectivity index (χ0n) is 10.7. The zero-order chi connectivity index (χ0) is 13.5. The van der Waals surface area contributed by atoms with Gasteiger partial charge < -0.3 is 15.4 Å². The van der Waals surface area contributed by atoms with Crippen LogP contribution in [0.1, 0.15) is 12.0 Å². The van der Waals surface area contributed by atoms with Crippen LogP contribution in [0.2, 0.25) is 0 Å². The van der Waals surface area contributed by atoms with Crippen LogP contribution in [0.15, 0.2) is 24.3 Å². The van der Waals surface area contributed by atoms with Gasteiger partial charge in [0.15, 0.2) is 0 Å². The fourth-order valence-corrected chi connectivity index (χ4v) is 1.64. The Hall–Kier alpha value is -1.62. The van der Waals surface area contributed by atoms with E-state index >= 15 is 0 Å². The molecule has 0 radical (unpaired) electrons. The molecule has 2 N–H and O–H groups in total. The molecule has 98 valence electrons. The fourth-order valence-electron chi connectivity index (χ4n) is 1.55. The van der Waals surface area contributed by atoms with Gasteiger partial charge in [0.05, 0.1) is 18.5 Å². The number of rotatable bonds is 6. The van der Waals surface area contributed by atoms with E-state index in [1.807, 2.05) is 24.3 Å². The summed E-state index contributed by atoms with van der Waals surface area (Å²) in [5.74, 6) is 0.754. The lowest BCUT2D eigenvalue weighted by Gasteiger charge is -2.17. The van der Waals surface area contributed by atoms with Crippen molar-refractivity contribution in [3.05, 3.63) is 29.8 Å². The number of nitrogens with two attached hydrogens (primary N) is 1. The molecule has 1 rings (SSSR count). The zero-order valence-corrected chi connectivity index (χ0v) is 11.5. The predicted octanol–water partition coefficient (Wildman–Crippen LogP) is 1.37. The van der Waals surface area contributed by atoms with Gasteiger partial charge in [-0.2, -0.15) is 0 Å². The molecule has 0 aliphatic rings. The van der Waals surface area contributed by atoms with Crippen molar-refractivity contribution in [2.75, 3.05) is 20.7 Å². The second-order valence-corrected chi connectivity index (χ2v) is 4.54. The van der Waals surface area contributed by atoms with Crippen LogP contribution in [0.25, 0.3) is 0 Å². The molecule has 0 aliphatic carbocycles. The molecule has 0 fully saturated rings. The summed E-state index contributed by atoms with van der Waals surface area (Å²) >= 11 is 4.79. The Morgan fingerprint density at radius 2 is 2.11 bits per heavy atom. The second-order valence-electron chi connectivity index (χ2n) is 4.02. The summed E-state index contributed by atoms with van der Waals surface area (Å²) in [5.41, 5.74) is 6.29. The first-order chi connectivity index (χ1) is 8.54. The maximum atomic E-state index is 12.0. The Morgan fingerprint density at radius 3 is 2.72 bits per heavy atom. The van der Waals surface area contributed by atoms with E-state index in [2.05, 4.69) is 0 Å². The first kappa shape index (κ1) is 14.4. The molecule has 0 aromatic heterocycles. The number of para-hydroxylation sites is 1. The van der Waals surface area contributed by atoms with Gasteiger partial charge in [-0.3, -0.25) is 4.79 Å². The Morgan fingerprint density at radius 1 is 1.44 bits per heavy atom. The normalized spacial score (nSPS) is 9.89. The van der Waals surface area contributed by atoms with Crippen molar-refractivity contribution in [2.45, 2.75) is 12.8 Å². The molecule has 1 aromatic carbocycles. The van der Waals surface area contributed by atoms with Gasteiger partial charge in [-0.25, -0.2) is 0 Å². The summed E-state index contributed by atoms with van der Waals surface area (Å²) in [6, 6.07) is 7.50. The molecular weight excluding hydrogens is 248 g/mol. The van der Waals surface area contributed by atoms with Gasteiger partial charge in [-0.05, 0) is 6.07 Å². The highest BCUT2D eigenvalue weighted by atomic mass is 32.1. The summed E-state index contributed by atoms with van der Waals surface area (Å²) in [6.45, 7) is 0.545. The number of hydrogen-bond donors (Lipinski definition) is 1. The first-order valence-electron chi connectivity index (χ1n) is 5.68. The predicted molar refractivity (Wildman–Crippen MR) is 75.7 cm³/mol. The Bertz CT molecular complexity index is 435. The molecule has 4 nitrogen and oxygen atoms in total. The van der Waals surface area contributed by atoms with Gasteiger partial charge in [0.25, 0.3) is 0 Å². The third-order valence-corrected chi connectivity index (χ3v) is 2.86. The lowest BCUT2D eigenvalue weighted by Crippen LogP contribution is -2.31. The second kappa shape index (κ2) is 6.96. The average Bonchev–Trinajstić information content (AvgIpc) is 2.36. The van der Waals surface area contributed by atoms with Crippen LogP contribution >= 0.6 is 12.2 Å². The molecule has 0 saturated heterocycles. The van der Waals surface area contributed by atoms with Gasteiger partial charge in [-0.1, -0.05) is 30.4 Å². The largest absolute Gasteiger partial charge is 0.496 e. The topological polar surface area (TPSA) is 55.6 Å². The van der Waals surface area contributed by atoms with E-state index in [0.29, 0.717) is 24.4 Å². The maximum absolute atomic E-state index is 12.0. The highest BCUT2D eigenvalue weighted by Crippen LogP contribution is 2.18. The summed E-state index contributed by atoms with van der Waals surface area (Å²) in [4.78, 5) is 14.0. The van der Waals surface area contributed by atoms with E-state index in [1.165, 1.54) is 0 Å². The first-order valence-corrected chi connectivity index (χ1v) is 6.09. The standard InChI is InChI=1S/C13H18N2O2S/c1-15(8-7-12(14)18)13(16)9-10-5-3-4-6-11(10)17-2/h3-6H,7-9H2,1-2H3,(H2,14,18). The molecule has 1 aromatic rings. The summed E-state index contributed by atoms with van der Waals surface area (Å²) in [7, 11) is 3.34. The lowest BCUT2D eigenvalue weighted by atomic mass is 10.1. The molecule has 0 saturated carbocycles. The third kappa shape index (κ3) is 4.33. The molecule has 1 amide bonds. The van der Waals surface area contributed by atoms with Crippen molar-refractivity contribution >= 4 is 23.1 Å². The number of benzene rings is 1. The lowest BCUT2D eigenvalue weighted by molar-refractivity contribution is -0.129. The number of likely N-dealkylation sites (N-methyl/N-ethyl adjacent to an activating group) is 1. The van der Waals surface area contributed by atoms with E-state index < -0.39 is 0 Å². The molecule has 0 aliphatic heterocycles. The summed E-state index contributed by atoms with van der Waals surface area (Å²) in [5, 5.41) is 0. The number of carbonyl (C=O) groups excluding carboxylic acids is 1. The highest BCUT2D eigenvalue weighted by Gasteiger charge is 2.12. The van der Waals surface area contributed by atoms with Crippen LogP contribution in [0, 0.1) is 0 Å². The third-order valence-electron chi connectivity index (χ3n) is 2.65. The van der Waals surface area contributed by atoms with Gasteiger partial charge in [0.2, 0.25) is 5.91 Å². The van der Waals surface area contributed by atoms with Crippen LogP contribution in [0.5, 0.6) is 5.75 Å². The van der Waals surface area contributed by atoms with Gasteiger partial charge >= 0.3 is 0 Å². The molecule has 0 bridgehead atoms. The van der Waals surface area contributed by atoms with Gasteiger partial charge in [0, 0.05) is 25.6 Å².